The maximum Gasteiger partial charge on any atom is 0.0968 e. The average molecular weight is 54.1 g/mol. The molecule has 0 bridgehead atoms. The molecule has 0 aliphatic carbocycles. The highest BCUT2D eigenvalue weighted by Gasteiger charge is 1.64. The van der Waals surface area contributed by atoms with Gasteiger partial charge in [0, 0.05) is 20.4 Å². The van der Waals surface area contributed by atoms with Crippen LogP contribution >= 0.6 is 0 Å². The molecule has 0 saturated carbocycles. The zero-order valence-electron chi connectivity index (χ0n) is 2.62. The summed E-state index contributed by atoms with van der Waals surface area (Å²) in [5.41, 5.74) is 0.667. The Morgan fingerprint density at radius 3 is 1.75 bits per heavy atom. The van der Waals surface area contributed by atoms with Gasteiger partial charge in [-0.25, -0.2) is 0 Å². The summed E-state index contributed by atoms with van der Waals surface area (Å²) in [6.07, 6.45) is 0. The molecule has 4 heavy (non-hydrogen) atoms. The molecule has 0 heteroatoms. The van der Waals surface area contributed by atoms with Crippen LogP contribution < -0.4 is 0 Å². The Morgan fingerprint density at radius 2 is 1.75 bits per heavy atom. The lowest BCUT2D eigenvalue weighted by Gasteiger charge is -1.52. The van der Waals surface area contributed by atoms with Crippen molar-refractivity contribution in [3.63, 3.8) is 0 Å². The van der Waals surface area contributed by atoms with E-state index in [1.165, 1.54) is 0 Å². The predicted molar refractivity (Wildman–Crippen MR) is 19.9 cm³/mol. The first kappa shape index (κ1) is 3.61. The third-order valence-corrected chi connectivity index (χ3v) is 0. The fraction of sp³-hybridized carbons (Fsp3) is 0. The second-order valence-electron chi connectivity index (χ2n) is 0.750. The van der Waals surface area contributed by atoms with E-state index in [0.29, 0.717) is 5.57 Å². The normalized spacial score (nSPS) is 6.25. The van der Waals surface area contributed by atoms with Crippen molar-refractivity contribution in [1.29, 1.82) is 0 Å². The molecule has 0 aromatic carbocycles. The smallest absolute Gasteiger partial charge is 0.0171 e. The highest BCUT2D eigenvalue weighted by Crippen LogP contribution is 1.71. The molecule has 0 saturated heterocycles. The van der Waals surface area contributed by atoms with Crippen LogP contribution in [-0.4, -0.2) is 0 Å². The molecular formula is C4H6+. The van der Waals surface area contributed by atoms with E-state index in [4.69, 9.17) is 0 Å². The average Bonchev–Trinajstić information content (AvgIpc) is 0.811. The van der Waals surface area contributed by atoms with E-state index >= 15 is 0 Å². The Bertz CT molecular complexity index is 23.0. The molecule has 0 aliphatic heterocycles. The van der Waals surface area contributed by atoms with E-state index in [0.717, 1.165) is 0 Å². The van der Waals surface area contributed by atoms with Gasteiger partial charge in [0.1, 0.15) is 0 Å². The van der Waals surface area contributed by atoms with E-state index in [1.807, 2.05) is 0 Å². The number of hydrogen-bond donors (Lipinski definition) is 0. The van der Waals surface area contributed by atoms with Gasteiger partial charge in [0.2, 0.25) is 0 Å². The van der Waals surface area contributed by atoms with E-state index in [2.05, 4.69) is 20.4 Å². The second kappa shape index (κ2) is 0.993. The molecule has 0 aliphatic rings. The van der Waals surface area contributed by atoms with Gasteiger partial charge in [0.05, 0.1) is 5.57 Å². The first-order valence-electron chi connectivity index (χ1n) is 1.06. The highest BCUT2D eigenvalue weighted by molar-refractivity contribution is 4.99. The van der Waals surface area contributed by atoms with E-state index in [1.54, 1.807) is 0 Å². The van der Waals surface area contributed by atoms with Gasteiger partial charge in [-0.3, -0.25) is 0 Å². The van der Waals surface area contributed by atoms with Crippen molar-refractivity contribution in [2.75, 3.05) is 0 Å². The van der Waals surface area contributed by atoms with Crippen molar-refractivity contribution in [1.82, 2.24) is 0 Å². The maximum atomic E-state index is 3.33. The standard InChI is InChI=1S/C4H6/c1-4(2)3/h1-3H2/q+1. The van der Waals surface area contributed by atoms with Crippen molar-refractivity contribution in [2.24, 2.45) is 0 Å². The van der Waals surface area contributed by atoms with Gasteiger partial charge in [-0.2, -0.15) is 0 Å². The SMILES string of the molecule is [CH2]C(=C)[CH2+]. The fourth-order valence-corrected chi connectivity index (χ4v) is 0. The topological polar surface area (TPSA) is 0 Å². The largest absolute Gasteiger partial charge is 0.0968 e. The van der Waals surface area contributed by atoms with Crippen molar-refractivity contribution in [3.05, 3.63) is 26.0 Å². The molecule has 0 spiro atoms. The highest BCUT2D eigenvalue weighted by atomic mass is 13.6. The van der Waals surface area contributed by atoms with Gasteiger partial charge in [-0.1, -0.05) is 0 Å². The second-order valence-corrected chi connectivity index (χ2v) is 0.750. The molecular weight excluding hydrogens is 48.0 g/mol. The number of allylic oxidation sites excluding steroid dienone is 1. The van der Waals surface area contributed by atoms with Gasteiger partial charge in [0.15, 0.2) is 0 Å². The summed E-state index contributed by atoms with van der Waals surface area (Å²) in [4.78, 5) is 0. The molecule has 0 aromatic rings. The van der Waals surface area contributed by atoms with Crippen molar-refractivity contribution >= 4 is 0 Å². The Kier molecular flexibility index (Phi) is 0.896. The van der Waals surface area contributed by atoms with Crippen LogP contribution in [0, 0.1) is 13.8 Å². The lowest BCUT2D eigenvalue weighted by molar-refractivity contribution is 1.82. The van der Waals surface area contributed by atoms with Crippen LogP contribution in [0.4, 0.5) is 0 Å². The first-order valence-corrected chi connectivity index (χ1v) is 1.06. The summed E-state index contributed by atoms with van der Waals surface area (Å²) in [6.45, 7) is 10.0. The minimum absolute atomic E-state index is 0.667. The van der Waals surface area contributed by atoms with Crippen LogP contribution in [0.5, 0.6) is 0 Å². The summed E-state index contributed by atoms with van der Waals surface area (Å²) >= 11 is 0. The first-order chi connectivity index (χ1) is 1.73. The molecule has 0 heterocycles. The van der Waals surface area contributed by atoms with Crippen LogP contribution in [0.25, 0.3) is 0 Å². The van der Waals surface area contributed by atoms with Crippen LogP contribution in [0.1, 0.15) is 0 Å². The van der Waals surface area contributed by atoms with Gasteiger partial charge in [0.25, 0.3) is 0 Å². The minimum Gasteiger partial charge on any atom is 0.0171 e. The molecule has 1 radical (unpaired) electrons. The van der Waals surface area contributed by atoms with E-state index in [-0.39, 0.29) is 0 Å². The monoisotopic (exact) mass is 54.0 g/mol. The van der Waals surface area contributed by atoms with Gasteiger partial charge >= 0.3 is 0 Å². The van der Waals surface area contributed by atoms with E-state index in [9.17, 15) is 0 Å². The Balaban J connectivity index is 2.80. The Morgan fingerprint density at radius 1 is 1.75 bits per heavy atom. The fourth-order valence-electron chi connectivity index (χ4n) is 0. The lowest BCUT2D eigenvalue weighted by atomic mass is 10.4. The van der Waals surface area contributed by atoms with Crippen LogP contribution in [0.2, 0.25) is 0 Å². The molecule has 0 rings (SSSR count). The van der Waals surface area contributed by atoms with Crippen LogP contribution in [0.3, 0.4) is 0 Å². The summed E-state index contributed by atoms with van der Waals surface area (Å²) in [5, 5.41) is 0. The van der Waals surface area contributed by atoms with E-state index < -0.39 is 0 Å². The number of hydrogen-bond acceptors (Lipinski definition) is 0. The van der Waals surface area contributed by atoms with Crippen LogP contribution in [0.15, 0.2) is 12.2 Å². The summed E-state index contributed by atoms with van der Waals surface area (Å²) in [7, 11) is 0. The third kappa shape index (κ3) is 3.94. The molecule has 21 valence electrons. The van der Waals surface area contributed by atoms with Crippen molar-refractivity contribution < 1.29 is 0 Å². The molecule has 0 fully saturated rings. The van der Waals surface area contributed by atoms with Gasteiger partial charge < -0.3 is 0 Å². The molecule has 0 unspecified atom stereocenters. The third-order valence-electron chi connectivity index (χ3n) is 0. The molecule has 0 amide bonds. The summed E-state index contributed by atoms with van der Waals surface area (Å²) < 4.78 is 0. The summed E-state index contributed by atoms with van der Waals surface area (Å²) in [5.74, 6) is 0. The van der Waals surface area contributed by atoms with Crippen molar-refractivity contribution in [3.8, 4) is 0 Å². The van der Waals surface area contributed by atoms with Gasteiger partial charge in [-0.05, 0) is 0 Å². The zero-order valence-corrected chi connectivity index (χ0v) is 2.62. The zero-order chi connectivity index (χ0) is 3.58. The quantitative estimate of drug-likeness (QED) is 0.365. The van der Waals surface area contributed by atoms with Crippen molar-refractivity contribution in [2.45, 2.75) is 0 Å². The number of rotatable bonds is 0. The lowest BCUT2D eigenvalue weighted by Crippen LogP contribution is -1.46. The Hall–Kier alpha value is -0.390. The molecule has 0 aromatic heterocycles. The molecule has 0 atom stereocenters. The van der Waals surface area contributed by atoms with Crippen LogP contribution in [-0.2, 0) is 0 Å². The summed E-state index contributed by atoms with van der Waals surface area (Å²) in [6, 6.07) is 0. The minimum atomic E-state index is 0.667. The van der Waals surface area contributed by atoms with Gasteiger partial charge in [-0.15, -0.1) is 0 Å². The Labute approximate surface area is 27.1 Å². The predicted octanol–water partition coefficient (Wildman–Crippen LogP) is 1.21. The molecule has 0 N–H and O–H groups in total. The maximum absolute atomic E-state index is 3.33. The molecule has 0 nitrogen and oxygen atoms in total.